The Hall–Kier alpha value is -1.13. The van der Waals surface area contributed by atoms with Gasteiger partial charge in [0.25, 0.3) is 0 Å². The average Bonchev–Trinajstić information content (AvgIpc) is 2.64. The van der Waals surface area contributed by atoms with E-state index in [4.69, 9.17) is 11.6 Å². The molecule has 0 fully saturated rings. The molecule has 0 unspecified atom stereocenters. The second-order valence-electron chi connectivity index (χ2n) is 3.14. The first-order valence-corrected chi connectivity index (χ1v) is 5.70. The van der Waals surface area contributed by atoms with Crippen LogP contribution in [0.4, 0.5) is 5.95 Å². The molecule has 3 nitrogen and oxygen atoms in total. The van der Waals surface area contributed by atoms with Gasteiger partial charge in [-0.05, 0) is 24.6 Å². The summed E-state index contributed by atoms with van der Waals surface area (Å²) in [7, 11) is 0. The lowest BCUT2D eigenvalue weighted by atomic mass is 10.4. The fourth-order valence-corrected chi connectivity index (χ4v) is 2.12. The Morgan fingerprint density at radius 3 is 2.67 bits per heavy atom. The second kappa shape index (κ2) is 4.59. The van der Waals surface area contributed by atoms with Crippen LogP contribution in [0.5, 0.6) is 0 Å². The van der Waals surface area contributed by atoms with Crippen LogP contribution in [0.25, 0.3) is 0 Å². The van der Waals surface area contributed by atoms with Gasteiger partial charge >= 0.3 is 0 Å². The summed E-state index contributed by atoms with van der Waals surface area (Å²) in [5.41, 5.74) is 1.06. The summed E-state index contributed by atoms with van der Waals surface area (Å²) in [6.07, 6.45) is 3.58. The van der Waals surface area contributed by atoms with E-state index >= 15 is 0 Å². The van der Waals surface area contributed by atoms with Crippen molar-refractivity contribution in [1.29, 1.82) is 0 Å². The van der Waals surface area contributed by atoms with Crippen molar-refractivity contribution in [3.63, 3.8) is 0 Å². The van der Waals surface area contributed by atoms with Crippen molar-refractivity contribution in [3.05, 3.63) is 39.3 Å². The first-order valence-electron chi connectivity index (χ1n) is 4.51. The predicted molar refractivity (Wildman–Crippen MR) is 63.4 cm³/mol. The van der Waals surface area contributed by atoms with E-state index in [1.54, 1.807) is 23.7 Å². The molecule has 2 rings (SSSR count). The number of nitrogens with zero attached hydrogens (tertiary/aromatic N) is 2. The van der Waals surface area contributed by atoms with Crippen molar-refractivity contribution in [3.8, 4) is 0 Å². The highest BCUT2D eigenvalue weighted by molar-refractivity contribution is 7.16. The fraction of sp³-hybridized carbons (Fsp3) is 0.200. The zero-order chi connectivity index (χ0) is 10.7. The van der Waals surface area contributed by atoms with E-state index in [0.717, 1.165) is 9.90 Å². The van der Waals surface area contributed by atoms with E-state index in [-0.39, 0.29) is 0 Å². The molecular weight excluding hydrogens is 230 g/mol. The van der Waals surface area contributed by atoms with Crippen LogP contribution in [0.15, 0.2) is 24.5 Å². The van der Waals surface area contributed by atoms with Crippen molar-refractivity contribution in [2.75, 3.05) is 5.32 Å². The normalized spacial score (nSPS) is 10.3. The minimum Gasteiger partial charge on any atom is -0.349 e. The molecule has 0 aliphatic rings. The van der Waals surface area contributed by atoms with Gasteiger partial charge in [0.15, 0.2) is 0 Å². The van der Waals surface area contributed by atoms with Crippen LogP contribution in [-0.2, 0) is 6.54 Å². The molecule has 2 aromatic heterocycles. The number of halogens is 1. The van der Waals surface area contributed by atoms with Gasteiger partial charge in [-0.2, -0.15) is 0 Å². The summed E-state index contributed by atoms with van der Waals surface area (Å²) in [6, 6.07) is 3.88. The number of rotatable bonds is 3. The summed E-state index contributed by atoms with van der Waals surface area (Å²) >= 11 is 7.38. The Kier molecular flexibility index (Phi) is 3.18. The van der Waals surface area contributed by atoms with E-state index in [0.29, 0.717) is 12.5 Å². The molecule has 0 atom stereocenters. The van der Waals surface area contributed by atoms with E-state index in [1.807, 2.05) is 19.1 Å². The molecule has 0 radical (unpaired) electrons. The lowest BCUT2D eigenvalue weighted by Crippen LogP contribution is -2.01. The first-order chi connectivity index (χ1) is 7.24. The van der Waals surface area contributed by atoms with Gasteiger partial charge in [0.2, 0.25) is 5.95 Å². The monoisotopic (exact) mass is 239 g/mol. The Balaban J connectivity index is 1.96. The third kappa shape index (κ3) is 2.91. The second-order valence-corrected chi connectivity index (χ2v) is 4.94. The highest BCUT2D eigenvalue weighted by Crippen LogP contribution is 2.21. The fourth-order valence-electron chi connectivity index (χ4n) is 1.10. The Labute approximate surface area is 97.2 Å². The van der Waals surface area contributed by atoms with Crippen molar-refractivity contribution in [1.82, 2.24) is 9.97 Å². The molecule has 0 amide bonds. The molecule has 0 bridgehead atoms. The number of hydrogen-bond acceptors (Lipinski definition) is 4. The van der Waals surface area contributed by atoms with Gasteiger partial charge in [0, 0.05) is 17.3 Å². The molecule has 0 aromatic carbocycles. The van der Waals surface area contributed by atoms with Crippen molar-refractivity contribution < 1.29 is 0 Å². The number of aromatic nitrogens is 2. The SMILES string of the molecule is Cc1cnc(NCc2ccc(Cl)s2)nc1. The maximum absolute atomic E-state index is 5.82. The summed E-state index contributed by atoms with van der Waals surface area (Å²) in [6.45, 7) is 2.67. The lowest BCUT2D eigenvalue weighted by molar-refractivity contribution is 1.06. The van der Waals surface area contributed by atoms with E-state index in [2.05, 4.69) is 15.3 Å². The molecule has 0 spiro atoms. The third-order valence-corrected chi connectivity index (χ3v) is 3.06. The molecule has 2 heterocycles. The molecule has 5 heteroatoms. The third-order valence-electron chi connectivity index (χ3n) is 1.83. The molecule has 15 heavy (non-hydrogen) atoms. The van der Waals surface area contributed by atoms with Crippen molar-refractivity contribution >= 4 is 28.9 Å². The van der Waals surface area contributed by atoms with Crippen LogP contribution in [-0.4, -0.2) is 9.97 Å². The van der Waals surface area contributed by atoms with Crippen LogP contribution in [0, 0.1) is 6.92 Å². The van der Waals surface area contributed by atoms with Gasteiger partial charge in [0.05, 0.1) is 10.9 Å². The zero-order valence-electron chi connectivity index (χ0n) is 8.20. The minimum atomic E-state index is 0.644. The average molecular weight is 240 g/mol. The van der Waals surface area contributed by atoms with E-state index in [9.17, 15) is 0 Å². The number of aryl methyl sites for hydroxylation is 1. The van der Waals surface area contributed by atoms with E-state index < -0.39 is 0 Å². The van der Waals surface area contributed by atoms with Crippen LogP contribution < -0.4 is 5.32 Å². The zero-order valence-corrected chi connectivity index (χ0v) is 9.77. The van der Waals surface area contributed by atoms with Crippen molar-refractivity contribution in [2.24, 2.45) is 0 Å². The lowest BCUT2D eigenvalue weighted by Gasteiger charge is -2.01. The van der Waals surface area contributed by atoms with Gasteiger partial charge in [-0.3, -0.25) is 0 Å². The van der Waals surface area contributed by atoms with Crippen molar-refractivity contribution in [2.45, 2.75) is 13.5 Å². The molecular formula is C10H10ClN3S. The largest absolute Gasteiger partial charge is 0.349 e. The van der Waals surface area contributed by atoms with Crippen LogP contribution >= 0.6 is 22.9 Å². The van der Waals surface area contributed by atoms with Crippen LogP contribution in [0.3, 0.4) is 0 Å². The Morgan fingerprint density at radius 2 is 2.07 bits per heavy atom. The molecule has 0 saturated carbocycles. The van der Waals surface area contributed by atoms with Gasteiger partial charge in [-0.25, -0.2) is 9.97 Å². The van der Waals surface area contributed by atoms with Crippen LogP contribution in [0.2, 0.25) is 4.34 Å². The maximum Gasteiger partial charge on any atom is 0.222 e. The number of nitrogens with one attached hydrogen (secondary N) is 1. The number of thiophene rings is 1. The van der Waals surface area contributed by atoms with Gasteiger partial charge < -0.3 is 5.32 Å². The topological polar surface area (TPSA) is 37.8 Å². The molecule has 0 saturated heterocycles. The van der Waals surface area contributed by atoms with Gasteiger partial charge in [-0.15, -0.1) is 11.3 Å². The predicted octanol–water partition coefficient (Wildman–Crippen LogP) is 3.11. The number of hydrogen-bond donors (Lipinski definition) is 1. The minimum absolute atomic E-state index is 0.644. The highest BCUT2D eigenvalue weighted by atomic mass is 35.5. The Morgan fingerprint density at radius 1 is 1.33 bits per heavy atom. The van der Waals surface area contributed by atoms with Crippen LogP contribution in [0.1, 0.15) is 10.4 Å². The maximum atomic E-state index is 5.82. The highest BCUT2D eigenvalue weighted by Gasteiger charge is 1.99. The summed E-state index contributed by atoms with van der Waals surface area (Å²) in [5.74, 6) is 0.644. The number of anilines is 1. The smallest absolute Gasteiger partial charge is 0.222 e. The Bertz CT molecular complexity index is 438. The summed E-state index contributed by atoms with van der Waals surface area (Å²) < 4.78 is 0.802. The molecule has 1 N–H and O–H groups in total. The molecule has 0 aliphatic carbocycles. The molecule has 78 valence electrons. The molecule has 2 aromatic rings. The summed E-state index contributed by atoms with van der Waals surface area (Å²) in [4.78, 5) is 9.47. The standard InChI is InChI=1S/C10H10ClN3S/c1-7-4-12-10(13-5-7)14-6-8-2-3-9(11)15-8/h2-5H,6H2,1H3,(H,12,13,14). The molecule has 0 aliphatic heterocycles. The first kappa shape index (κ1) is 10.4. The quantitative estimate of drug-likeness (QED) is 0.895. The van der Waals surface area contributed by atoms with Gasteiger partial charge in [-0.1, -0.05) is 11.6 Å². The van der Waals surface area contributed by atoms with Gasteiger partial charge in [0.1, 0.15) is 0 Å². The van der Waals surface area contributed by atoms with E-state index in [1.165, 1.54) is 4.88 Å². The summed E-state index contributed by atoms with van der Waals surface area (Å²) in [5, 5.41) is 3.13.